The van der Waals surface area contributed by atoms with Gasteiger partial charge in [0.2, 0.25) is 0 Å². The number of hydrogen-bond donors (Lipinski definition) is 1. The molecule has 1 aromatic rings. The second-order valence-corrected chi connectivity index (χ2v) is 4.60. The van der Waals surface area contributed by atoms with Crippen LogP contribution in [-0.4, -0.2) is 5.11 Å². The zero-order valence-corrected chi connectivity index (χ0v) is 8.78. The summed E-state index contributed by atoms with van der Waals surface area (Å²) in [6.07, 6.45) is 2.19. The number of rotatable bonds is 1. The first kappa shape index (κ1) is 9.17. The number of halogens is 2. The van der Waals surface area contributed by atoms with E-state index in [9.17, 15) is 5.11 Å². The third kappa shape index (κ3) is 1.40. The van der Waals surface area contributed by atoms with Crippen molar-refractivity contribution in [3.63, 3.8) is 0 Å². The van der Waals surface area contributed by atoms with Crippen molar-refractivity contribution in [1.82, 2.24) is 0 Å². The van der Waals surface area contributed by atoms with E-state index in [1.807, 2.05) is 0 Å². The first-order chi connectivity index (χ1) is 6.04. The number of phenolic OH excluding ortho intramolecular Hbond substituents is 1. The Morgan fingerprint density at radius 1 is 1.31 bits per heavy atom. The summed E-state index contributed by atoms with van der Waals surface area (Å²) in [7, 11) is 0. The fourth-order valence-electron chi connectivity index (χ4n) is 1.53. The number of phenols is 1. The van der Waals surface area contributed by atoms with Gasteiger partial charge < -0.3 is 5.11 Å². The van der Waals surface area contributed by atoms with Gasteiger partial charge in [-0.05, 0) is 36.0 Å². The highest BCUT2D eigenvalue weighted by Gasteiger charge is 2.42. The quantitative estimate of drug-likeness (QED) is 0.759. The smallest absolute Gasteiger partial charge is 0.134 e. The number of aromatic hydroxyl groups is 1. The first-order valence-corrected chi connectivity index (χ1v) is 4.98. The lowest BCUT2D eigenvalue weighted by atomic mass is 9.98. The molecule has 1 aromatic carbocycles. The van der Waals surface area contributed by atoms with Gasteiger partial charge in [-0.2, -0.15) is 0 Å². The van der Waals surface area contributed by atoms with Crippen LogP contribution in [0, 0.1) is 0 Å². The molecule has 0 unspecified atom stereocenters. The van der Waals surface area contributed by atoms with E-state index in [1.165, 1.54) is 6.07 Å². The van der Waals surface area contributed by atoms with E-state index in [-0.39, 0.29) is 11.2 Å². The van der Waals surface area contributed by atoms with Crippen LogP contribution in [0.1, 0.15) is 25.3 Å². The molecular weight excluding hydrogens is 207 g/mol. The molecule has 0 amide bonds. The van der Waals surface area contributed by atoms with Gasteiger partial charge in [-0.1, -0.05) is 30.1 Å². The van der Waals surface area contributed by atoms with Crippen molar-refractivity contribution in [3.05, 3.63) is 27.7 Å². The van der Waals surface area contributed by atoms with Crippen molar-refractivity contribution in [2.24, 2.45) is 0 Å². The van der Waals surface area contributed by atoms with Crippen molar-refractivity contribution < 1.29 is 5.11 Å². The summed E-state index contributed by atoms with van der Waals surface area (Å²) < 4.78 is 0. The standard InChI is InChI=1S/C10H10Cl2O/c1-10(4-5-10)8-6(11)2-3-7(13)9(8)12/h2-3,13H,4-5H2,1H3. The van der Waals surface area contributed by atoms with E-state index >= 15 is 0 Å². The number of hydrogen-bond acceptors (Lipinski definition) is 1. The lowest BCUT2D eigenvalue weighted by Crippen LogP contribution is -2.01. The first-order valence-electron chi connectivity index (χ1n) is 4.22. The minimum Gasteiger partial charge on any atom is -0.506 e. The van der Waals surface area contributed by atoms with Crippen molar-refractivity contribution in [3.8, 4) is 5.75 Å². The minimum absolute atomic E-state index is 0.0902. The molecule has 1 nitrogen and oxygen atoms in total. The Hall–Kier alpha value is -0.400. The molecule has 0 heterocycles. The Balaban J connectivity index is 2.61. The molecule has 3 heteroatoms. The Morgan fingerprint density at radius 3 is 2.46 bits per heavy atom. The molecule has 13 heavy (non-hydrogen) atoms. The van der Waals surface area contributed by atoms with Gasteiger partial charge in [-0.3, -0.25) is 0 Å². The molecule has 1 aliphatic carbocycles. The van der Waals surface area contributed by atoms with Gasteiger partial charge >= 0.3 is 0 Å². The molecule has 0 spiro atoms. The minimum atomic E-state index is 0.0902. The third-order valence-corrected chi connectivity index (χ3v) is 3.37. The van der Waals surface area contributed by atoms with Gasteiger partial charge in [-0.15, -0.1) is 0 Å². The Labute approximate surface area is 87.3 Å². The van der Waals surface area contributed by atoms with Crippen LogP contribution < -0.4 is 0 Å². The molecule has 1 aliphatic rings. The fraction of sp³-hybridized carbons (Fsp3) is 0.400. The maximum atomic E-state index is 9.43. The molecule has 0 radical (unpaired) electrons. The predicted octanol–water partition coefficient (Wildman–Crippen LogP) is 3.75. The summed E-state index contributed by atoms with van der Waals surface area (Å²) in [5, 5.41) is 10.5. The Morgan fingerprint density at radius 2 is 1.92 bits per heavy atom. The summed E-state index contributed by atoms with van der Waals surface area (Å²) in [5.74, 6) is 0.120. The summed E-state index contributed by atoms with van der Waals surface area (Å²) in [6, 6.07) is 3.22. The van der Waals surface area contributed by atoms with Crippen LogP contribution in [-0.2, 0) is 5.41 Å². The largest absolute Gasteiger partial charge is 0.506 e. The SMILES string of the molecule is CC1(c2c(Cl)ccc(O)c2Cl)CC1. The molecule has 1 saturated carbocycles. The van der Waals surface area contributed by atoms with Crippen LogP contribution in [0.5, 0.6) is 5.75 Å². The average molecular weight is 217 g/mol. The molecule has 0 aliphatic heterocycles. The van der Waals surface area contributed by atoms with E-state index in [4.69, 9.17) is 23.2 Å². The van der Waals surface area contributed by atoms with Gasteiger partial charge in [0, 0.05) is 5.02 Å². The van der Waals surface area contributed by atoms with Crippen LogP contribution in [0.2, 0.25) is 10.0 Å². The predicted molar refractivity (Wildman–Crippen MR) is 54.7 cm³/mol. The van der Waals surface area contributed by atoms with E-state index in [0.29, 0.717) is 10.0 Å². The Bertz CT molecular complexity index is 356. The topological polar surface area (TPSA) is 20.2 Å². The second-order valence-electron chi connectivity index (χ2n) is 3.82. The maximum Gasteiger partial charge on any atom is 0.134 e. The molecule has 1 fully saturated rings. The lowest BCUT2D eigenvalue weighted by molar-refractivity contribution is 0.474. The highest BCUT2D eigenvalue weighted by Crippen LogP contribution is 2.53. The van der Waals surface area contributed by atoms with Crippen LogP contribution in [0.4, 0.5) is 0 Å². The summed E-state index contributed by atoms with van der Waals surface area (Å²) >= 11 is 12.0. The zero-order chi connectivity index (χ0) is 9.64. The summed E-state index contributed by atoms with van der Waals surface area (Å²) in [4.78, 5) is 0. The summed E-state index contributed by atoms with van der Waals surface area (Å²) in [6.45, 7) is 2.11. The molecule has 70 valence electrons. The van der Waals surface area contributed by atoms with Crippen molar-refractivity contribution in [1.29, 1.82) is 0 Å². The molecule has 0 aromatic heterocycles. The van der Waals surface area contributed by atoms with Crippen molar-refractivity contribution in [2.75, 3.05) is 0 Å². The van der Waals surface area contributed by atoms with E-state index < -0.39 is 0 Å². The molecule has 0 atom stereocenters. The molecule has 2 rings (SSSR count). The lowest BCUT2D eigenvalue weighted by Gasteiger charge is -2.13. The number of benzene rings is 1. The van der Waals surface area contributed by atoms with Gasteiger partial charge in [0.25, 0.3) is 0 Å². The van der Waals surface area contributed by atoms with Gasteiger partial charge in [-0.25, -0.2) is 0 Å². The van der Waals surface area contributed by atoms with Gasteiger partial charge in [0.05, 0.1) is 5.02 Å². The van der Waals surface area contributed by atoms with Crippen LogP contribution in [0.3, 0.4) is 0 Å². The summed E-state index contributed by atoms with van der Waals surface area (Å²) in [5.41, 5.74) is 0.989. The van der Waals surface area contributed by atoms with Crippen LogP contribution in [0.15, 0.2) is 12.1 Å². The third-order valence-electron chi connectivity index (χ3n) is 2.67. The molecule has 0 saturated heterocycles. The van der Waals surface area contributed by atoms with E-state index in [2.05, 4.69) is 6.92 Å². The van der Waals surface area contributed by atoms with Crippen LogP contribution in [0.25, 0.3) is 0 Å². The second kappa shape index (κ2) is 2.79. The molecular formula is C10H10Cl2O. The monoisotopic (exact) mass is 216 g/mol. The molecule has 0 bridgehead atoms. The highest BCUT2D eigenvalue weighted by atomic mass is 35.5. The molecule has 1 N–H and O–H groups in total. The van der Waals surface area contributed by atoms with Gasteiger partial charge in [0.15, 0.2) is 0 Å². The van der Waals surface area contributed by atoms with Crippen molar-refractivity contribution in [2.45, 2.75) is 25.2 Å². The fourth-order valence-corrected chi connectivity index (χ4v) is 2.36. The van der Waals surface area contributed by atoms with E-state index in [1.54, 1.807) is 6.07 Å². The normalized spacial score (nSPS) is 18.7. The average Bonchev–Trinajstić information content (AvgIpc) is 2.78. The maximum absolute atomic E-state index is 9.43. The zero-order valence-electron chi connectivity index (χ0n) is 7.27. The highest BCUT2D eigenvalue weighted by molar-refractivity contribution is 6.37. The van der Waals surface area contributed by atoms with Gasteiger partial charge in [0.1, 0.15) is 5.75 Å². The van der Waals surface area contributed by atoms with Crippen LogP contribution >= 0.6 is 23.2 Å². The van der Waals surface area contributed by atoms with Crippen molar-refractivity contribution >= 4 is 23.2 Å². The van der Waals surface area contributed by atoms with E-state index in [0.717, 1.165) is 18.4 Å². The Kier molecular flexibility index (Phi) is 1.97.